The van der Waals surface area contributed by atoms with Crippen molar-refractivity contribution in [3.05, 3.63) is 64.7 Å². The lowest BCUT2D eigenvalue weighted by Gasteiger charge is -2.27. The van der Waals surface area contributed by atoms with Crippen molar-refractivity contribution in [3.63, 3.8) is 0 Å². The molecule has 1 fully saturated rings. The van der Waals surface area contributed by atoms with Crippen molar-refractivity contribution in [2.24, 2.45) is 10.7 Å². The molecular weight excluding hydrogens is 418 g/mol. The summed E-state index contributed by atoms with van der Waals surface area (Å²) in [7, 11) is 2.08. The summed E-state index contributed by atoms with van der Waals surface area (Å²) < 4.78 is 0. The molecule has 0 aromatic heterocycles. The fourth-order valence-corrected chi connectivity index (χ4v) is 3.93. The number of hydrogen-bond acceptors (Lipinski definition) is 6. The van der Waals surface area contributed by atoms with Crippen LogP contribution in [0.25, 0.3) is 0 Å². The number of primary amides is 1. The van der Waals surface area contributed by atoms with Crippen molar-refractivity contribution in [2.45, 2.75) is 18.6 Å². The summed E-state index contributed by atoms with van der Waals surface area (Å²) in [6.07, 6.45) is 0.649. The topological polar surface area (TPSA) is 111 Å². The number of benzene rings is 2. The predicted molar refractivity (Wildman–Crippen MR) is 121 cm³/mol. The lowest BCUT2D eigenvalue weighted by atomic mass is 10.0. The van der Waals surface area contributed by atoms with Crippen molar-refractivity contribution in [3.8, 4) is 0 Å². The zero-order valence-electron chi connectivity index (χ0n) is 17.2. The molecule has 1 saturated heterocycles. The van der Waals surface area contributed by atoms with E-state index in [2.05, 4.69) is 51.8 Å². The first-order valence-electron chi connectivity index (χ1n) is 9.95. The van der Waals surface area contributed by atoms with Crippen LogP contribution in [0.5, 0.6) is 0 Å². The average molecular weight is 444 g/mol. The fourth-order valence-electron chi connectivity index (χ4n) is 3.80. The van der Waals surface area contributed by atoms with E-state index >= 15 is 0 Å². The van der Waals surface area contributed by atoms with Gasteiger partial charge in [-0.15, -0.1) is 0 Å². The lowest BCUT2D eigenvalue weighted by Crippen LogP contribution is -2.27. The fraction of sp³-hybridized carbons (Fsp3) is 0.318. The van der Waals surface area contributed by atoms with Crippen LogP contribution in [0.2, 0.25) is 5.02 Å². The van der Waals surface area contributed by atoms with E-state index in [9.17, 15) is 14.7 Å². The van der Waals surface area contributed by atoms with Crippen molar-refractivity contribution < 1.29 is 14.7 Å². The van der Waals surface area contributed by atoms with Gasteiger partial charge in [-0.05, 0) is 36.2 Å². The Morgan fingerprint density at radius 1 is 1.23 bits per heavy atom. The van der Waals surface area contributed by atoms with Crippen molar-refractivity contribution in [1.82, 2.24) is 10.2 Å². The van der Waals surface area contributed by atoms with E-state index in [1.54, 1.807) is 5.32 Å². The number of urea groups is 1. The SMILES string of the molecule is CN1CCN=C1c1ccc([C@H]2C[C@@H](O)CN2c2ccc(Cl)cc2)cc1.NC(=O)NC=O. The van der Waals surface area contributed by atoms with Gasteiger partial charge in [0.2, 0.25) is 6.41 Å². The van der Waals surface area contributed by atoms with Crippen LogP contribution in [0.15, 0.2) is 53.5 Å². The molecule has 0 bridgehead atoms. The molecule has 2 aromatic carbocycles. The molecule has 2 aliphatic heterocycles. The Labute approximate surface area is 186 Å². The number of aliphatic hydroxyl groups excluding tert-OH is 1. The third kappa shape index (κ3) is 5.74. The zero-order chi connectivity index (χ0) is 22.4. The number of hydrogen-bond donors (Lipinski definition) is 3. The molecule has 2 aliphatic rings. The van der Waals surface area contributed by atoms with E-state index in [-0.39, 0.29) is 18.6 Å². The standard InChI is InChI=1S/C20H22ClN3O.C2H4N2O2/c1-23-11-10-22-20(23)15-4-2-14(3-5-15)19-12-18(25)13-24(19)17-8-6-16(21)7-9-17;3-2(6)4-1-5/h2-9,18-19,25H,10-13H2,1H3;1H,(H3,3,4,5,6)/t18-,19-;/m1./s1. The number of nitrogens with zero attached hydrogens (tertiary/aromatic N) is 3. The quantitative estimate of drug-likeness (QED) is 0.627. The highest BCUT2D eigenvalue weighted by molar-refractivity contribution is 6.30. The molecule has 2 heterocycles. The maximum Gasteiger partial charge on any atom is 0.318 e. The number of anilines is 1. The molecule has 0 unspecified atom stereocenters. The van der Waals surface area contributed by atoms with Gasteiger partial charge in [0.25, 0.3) is 0 Å². The number of amides is 3. The number of halogens is 1. The van der Waals surface area contributed by atoms with Crippen LogP contribution in [0.3, 0.4) is 0 Å². The highest BCUT2D eigenvalue weighted by Crippen LogP contribution is 2.36. The lowest BCUT2D eigenvalue weighted by molar-refractivity contribution is -0.108. The van der Waals surface area contributed by atoms with Crippen molar-refractivity contribution in [2.75, 3.05) is 31.6 Å². The molecule has 0 spiro atoms. The maximum absolute atomic E-state index is 10.2. The highest BCUT2D eigenvalue weighted by Gasteiger charge is 2.32. The number of likely N-dealkylation sites (N-methyl/N-ethyl adjacent to an activating group) is 1. The smallest absolute Gasteiger partial charge is 0.318 e. The van der Waals surface area contributed by atoms with Gasteiger partial charge in [-0.1, -0.05) is 35.9 Å². The van der Waals surface area contributed by atoms with E-state index in [0.717, 1.165) is 41.6 Å². The summed E-state index contributed by atoms with van der Waals surface area (Å²) in [6.45, 7) is 2.49. The number of aliphatic imine (C=N–C) groups is 1. The molecule has 2 aromatic rings. The second-order valence-electron chi connectivity index (χ2n) is 7.41. The van der Waals surface area contributed by atoms with Crippen LogP contribution in [-0.4, -0.2) is 61.1 Å². The predicted octanol–water partition coefficient (Wildman–Crippen LogP) is 2.16. The van der Waals surface area contributed by atoms with Gasteiger partial charge in [0, 0.05) is 36.4 Å². The molecule has 0 aliphatic carbocycles. The summed E-state index contributed by atoms with van der Waals surface area (Å²) in [4.78, 5) is 27.7. The highest BCUT2D eigenvalue weighted by atomic mass is 35.5. The van der Waals surface area contributed by atoms with E-state index < -0.39 is 6.03 Å². The first kappa shape index (κ1) is 22.6. The summed E-state index contributed by atoms with van der Waals surface area (Å²) in [5.74, 6) is 1.06. The van der Waals surface area contributed by atoms with Gasteiger partial charge >= 0.3 is 6.03 Å². The minimum Gasteiger partial charge on any atom is -0.391 e. The maximum atomic E-state index is 10.2. The number of imide groups is 1. The summed E-state index contributed by atoms with van der Waals surface area (Å²) in [6, 6.07) is 15.8. The first-order chi connectivity index (χ1) is 14.9. The molecule has 8 nitrogen and oxygen atoms in total. The molecule has 0 radical (unpaired) electrons. The van der Waals surface area contributed by atoms with Gasteiger partial charge in [0.15, 0.2) is 0 Å². The Kier molecular flexibility index (Phi) is 7.49. The second kappa shape index (κ2) is 10.3. The largest absolute Gasteiger partial charge is 0.391 e. The molecule has 164 valence electrons. The van der Waals surface area contributed by atoms with Crippen molar-refractivity contribution >= 4 is 35.6 Å². The monoisotopic (exact) mass is 443 g/mol. The van der Waals surface area contributed by atoms with E-state index in [1.165, 1.54) is 5.56 Å². The van der Waals surface area contributed by atoms with Gasteiger partial charge in [0.1, 0.15) is 5.84 Å². The third-order valence-corrected chi connectivity index (χ3v) is 5.50. The molecular formula is C22H26ClN5O3. The number of β-amino-alcohol motifs (C(OH)–C–C–N with tert-alkyl or cyclic N) is 1. The second-order valence-corrected chi connectivity index (χ2v) is 7.85. The molecule has 0 saturated carbocycles. The van der Waals surface area contributed by atoms with Crippen LogP contribution in [0.1, 0.15) is 23.6 Å². The average Bonchev–Trinajstić information content (AvgIpc) is 3.35. The summed E-state index contributed by atoms with van der Waals surface area (Å²) in [5.41, 5.74) is 7.89. The number of rotatable bonds is 4. The van der Waals surface area contributed by atoms with Gasteiger partial charge in [0.05, 0.1) is 18.7 Å². The number of nitrogens with two attached hydrogens (primary N) is 1. The number of aliphatic hydroxyl groups is 1. The Hall–Kier alpha value is -3.10. The number of amidine groups is 1. The van der Waals surface area contributed by atoms with Crippen LogP contribution >= 0.6 is 11.6 Å². The first-order valence-corrected chi connectivity index (χ1v) is 10.3. The van der Waals surface area contributed by atoms with Crippen molar-refractivity contribution in [1.29, 1.82) is 0 Å². The van der Waals surface area contributed by atoms with E-state index in [0.29, 0.717) is 6.54 Å². The minimum atomic E-state index is -0.829. The van der Waals surface area contributed by atoms with Gasteiger partial charge in [-0.2, -0.15) is 0 Å². The van der Waals surface area contributed by atoms with Crippen LogP contribution in [0, 0.1) is 0 Å². The Morgan fingerprint density at radius 2 is 1.90 bits per heavy atom. The summed E-state index contributed by atoms with van der Waals surface area (Å²) in [5, 5.41) is 12.6. The van der Waals surface area contributed by atoms with Gasteiger partial charge in [-0.3, -0.25) is 15.1 Å². The Bertz CT molecular complexity index is 933. The molecule has 4 rings (SSSR count). The number of carbonyl (C=O) groups is 2. The van der Waals surface area contributed by atoms with Gasteiger partial charge in [-0.25, -0.2) is 4.79 Å². The Morgan fingerprint density at radius 3 is 2.42 bits per heavy atom. The normalized spacial score (nSPS) is 20.0. The molecule has 4 N–H and O–H groups in total. The van der Waals surface area contributed by atoms with Crippen LogP contribution in [-0.2, 0) is 4.79 Å². The van der Waals surface area contributed by atoms with Crippen LogP contribution < -0.4 is 16.0 Å². The van der Waals surface area contributed by atoms with E-state index in [1.807, 2.05) is 24.3 Å². The number of nitrogens with one attached hydrogen (secondary N) is 1. The van der Waals surface area contributed by atoms with Gasteiger partial charge < -0.3 is 20.6 Å². The zero-order valence-corrected chi connectivity index (χ0v) is 18.0. The van der Waals surface area contributed by atoms with Crippen LogP contribution in [0.4, 0.5) is 10.5 Å². The summed E-state index contributed by atoms with van der Waals surface area (Å²) >= 11 is 6.01. The number of carbonyl (C=O) groups excluding carboxylic acids is 2. The molecule has 31 heavy (non-hydrogen) atoms. The minimum absolute atomic E-state index is 0.175. The van der Waals surface area contributed by atoms with E-state index in [4.69, 9.17) is 11.6 Å². The molecule has 9 heteroatoms. The molecule has 3 amide bonds. The molecule has 2 atom stereocenters. The Balaban J connectivity index is 0.000000401. The third-order valence-electron chi connectivity index (χ3n) is 5.25.